The molecule has 1 aliphatic carbocycles. The number of aromatic nitrogens is 2. The number of H-pyrrole nitrogens is 1. The fourth-order valence-electron chi connectivity index (χ4n) is 2.20. The Balaban J connectivity index is 1.61. The SMILES string of the molecule is c1ccc(C2CC2)c(CNCc2ncc[nH]2)c1. The summed E-state index contributed by atoms with van der Waals surface area (Å²) < 4.78 is 0. The third-order valence-corrected chi connectivity index (χ3v) is 3.24. The Kier molecular flexibility index (Phi) is 2.92. The van der Waals surface area contributed by atoms with Gasteiger partial charge in [0.05, 0.1) is 6.54 Å². The van der Waals surface area contributed by atoms with Crippen LogP contribution in [0.5, 0.6) is 0 Å². The molecule has 0 aliphatic heterocycles. The molecule has 2 aromatic rings. The summed E-state index contributed by atoms with van der Waals surface area (Å²) in [4.78, 5) is 7.30. The summed E-state index contributed by atoms with van der Waals surface area (Å²) in [6.45, 7) is 1.72. The molecule has 1 saturated carbocycles. The van der Waals surface area contributed by atoms with E-state index >= 15 is 0 Å². The van der Waals surface area contributed by atoms with Gasteiger partial charge in [0.25, 0.3) is 0 Å². The van der Waals surface area contributed by atoms with E-state index in [-0.39, 0.29) is 0 Å². The molecule has 0 amide bonds. The first kappa shape index (κ1) is 10.5. The fraction of sp³-hybridized carbons (Fsp3) is 0.357. The minimum atomic E-state index is 0.798. The average molecular weight is 227 g/mol. The van der Waals surface area contributed by atoms with E-state index in [2.05, 4.69) is 39.6 Å². The van der Waals surface area contributed by atoms with Crippen molar-refractivity contribution in [3.8, 4) is 0 Å². The highest BCUT2D eigenvalue weighted by molar-refractivity contribution is 5.33. The van der Waals surface area contributed by atoms with Gasteiger partial charge in [-0.3, -0.25) is 0 Å². The maximum absolute atomic E-state index is 4.20. The highest BCUT2D eigenvalue weighted by Gasteiger charge is 2.25. The molecule has 0 bridgehead atoms. The Morgan fingerprint density at radius 1 is 1.24 bits per heavy atom. The number of nitrogens with zero attached hydrogens (tertiary/aromatic N) is 1. The lowest BCUT2D eigenvalue weighted by Gasteiger charge is -2.09. The third-order valence-electron chi connectivity index (χ3n) is 3.24. The first-order valence-corrected chi connectivity index (χ1v) is 6.20. The van der Waals surface area contributed by atoms with Crippen molar-refractivity contribution in [2.24, 2.45) is 0 Å². The Hall–Kier alpha value is -1.61. The van der Waals surface area contributed by atoms with Gasteiger partial charge in [-0.2, -0.15) is 0 Å². The van der Waals surface area contributed by atoms with Gasteiger partial charge in [0.15, 0.2) is 0 Å². The van der Waals surface area contributed by atoms with Crippen LogP contribution in [-0.4, -0.2) is 9.97 Å². The van der Waals surface area contributed by atoms with Gasteiger partial charge in [0.1, 0.15) is 5.82 Å². The Morgan fingerprint density at radius 2 is 2.12 bits per heavy atom. The Labute approximate surface area is 101 Å². The number of hydrogen-bond donors (Lipinski definition) is 2. The van der Waals surface area contributed by atoms with Crippen molar-refractivity contribution >= 4 is 0 Å². The standard InChI is InChI=1S/C14H17N3/c1-2-4-13(11-5-6-11)12(3-1)9-15-10-14-16-7-8-17-14/h1-4,7-8,11,15H,5-6,9-10H2,(H,16,17). The van der Waals surface area contributed by atoms with Gasteiger partial charge < -0.3 is 10.3 Å². The van der Waals surface area contributed by atoms with Crippen molar-refractivity contribution < 1.29 is 0 Å². The zero-order valence-corrected chi connectivity index (χ0v) is 9.82. The molecule has 0 spiro atoms. The minimum Gasteiger partial charge on any atom is -0.348 e. The van der Waals surface area contributed by atoms with Crippen molar-refractivity contribution in [2.45, 2.75) is 31.8 Å². The van der Waals surface area contributed by atoms with Crippen LogP contribution >= 0.6 is 0 Å². The van der Waals surface area contributed by atoms with E-state index in [4.69, 9.17) is 0 Å². The summed E-state index contributed by atoms with van der Waals surface area (Å²) in [5.41, 5.74) is 2.96. The molecule has 88 valence electrons. The summed E-state index contributed by atoms with van der Waals surface area (Å²) in [6.07, 6.45) is 6.36. The van der Waals surface area contributed by atoms with Gasteiger partial charge in [0, 0.05) is 18.9 Å². The summed E-state index contributed by atoms with van der Waals surface area (Å²) in [7, 11) is 0. The number of benzene rings is 1. The minimum absolute atomic E-state index is 0.798. The molecular formula is C14H17N3. The number of aromatic amines is 1. The van der Waals surface area contributed by atoms with Gasteiger partial charge in [-0.05, 0) is 29.9 Å². The lowest BCUT2D eigenvalue weighted by molar-refractivity contribution is 0.664. The van der Waals surface area contributed by atoms with E-state index in [9.17, 15) is 0 Å². The average Bonchev–Trinajstić information content (AvgIpc) is 3.08. The second kappa shape index (κ2) is 4.72. The maximum Gasteiger partial charge on any atom is 0.120 e. The number of hydrogen-bond acceptors (Lipinski definition) is 2. The first-order valence-electron chi connectivity index (χ1n) is 6.20. The van der Waals surface area contributed by atoms with Gasteiger partial charge in [-0.1, -0.05) is 24.3 Å². The number of imidazole rings is 1. The highest BCUT2D eigenvalue weighted by atomic mass is 15.0. The van der Waals surface area contributed by atoms with E-state index in [1.807, 2.05) is 6.20 Å². The van der Waals surface area contributed by atoms with E-state index in [1.54, 1.807) is 6.20 Å². The lowest BCUT2D eigenvalue weighted by atomic mass is 10.0. The summed E-state index contributed by atoms with van der Waals surface area (Å²) in [6, 6.07) is 8.75. The number of rotatable bonds is 5. The van der Waals surface area contributed by atoms with E-state index in [0.29, 0.717) is 0 Å². The maximum atomic E-state index is 4.20. The molecule has 1 heterocycles. The van der Waals surface area contributed by atoms with Crippen LogP contribution in [0.4, 0.5) is 0 Å². The van der Waals surface area contributed by atoms with Crippen molar-refractivity contribution in [2.75, 3.05) is 0 Å². The highest BCUT2D eigenvalue weighted by Crippen LogP contribution is 2.41. The van der Waals surface area contributed by atoms with Gasteiger partial charge >= 0.3 is 0 Å². The van der Waals surface area contributed by atoms with Gasteiger partial charge in [-0.25, -0.2) is 4.98 Å². The second-order valence-electron chi connectivity index (χ2n) is 4.61. The van der Waals surface area contributed by atoms with Crippen molar-refractivity contribution in [3.05, 3.63) is 53.6 Å². The van der Waals surface area contributed by atoms with Gasteiger partial charge in [-0.15, -0.1) is 0 Å². The van der Waals surface area contributed by atoms with Crippen molar-refractivity contribution in [3.63, 3.8) is 0 Å². The molecular weight excluding hydrogens is 210 g/mol. The van der Waals surface area contributed by atoms with Crippen LogP contribution < -0.4 is 5.32 Å². The predicted molar refractivity (Wildman–Crippen MR) is 67.5 cm³/mol. The zero-order valence-electron chi connectivity index (χ0n) is 9.82. The predicted octanol–water partition coefficient (Wildman–Crippen LogP) is 2.58. The molecule has 0 unspecified atom stereocenters. The van der Waals surface area contributed by atoms with Crippen LogP contribution in [0.15, 0.2) is 36.7 Å². The molecule has 1 aromatic carbocycles. The topological polar surface area (TPSA) is 40.7 Å². The van der Waals surface area contributed by atoms with E-state index in [1.165, 1.54) is 24.0 Å². The monoisotopic (exact) mass is 227 g/mol. The summed E-state index contributed by atoms with van der Waals surface area (Å²) in [5, 5.41) is 3.43. The summed E-state index contributed by atoms with van der Waals surface area (Å²) >= 11 is 0. The smallest absolute Gasteiger partial charge is 0.120 e. The molecule has 2 N–H and O–H groups in total. The zero-order chi connectivity index (χ0) is 11.5. The molecule has 1 fully saturated rings. The van der Waals surface area contributed by atoms with E-state index in [0.717, 1.165) is 24.8 Å². The molecule has 1 aliphatic rings. The van der Waals surface area contributed by atoms with Crippen LogP contribution in [0, 0.1) is 0 Å². The molecule has 0 radical (unpaired) electrons. The van der Waals surface area contributed by atoms with E-state index < -0.39 is 0 Å². The molecule has 1 aromatic heterocycles. The Bertz CT molecular complexity index is 472. The molecule has 3 rings (SSSR count). The van der Waals surface area contributed by atoms with Gasteiger partial charge in [0.2, 0.25) is 0 Å². The summed E-state index contributed by atoms with van der Waals surface area (Å²) in [5.74, 6) is 1.81. The third kappa shape index (κ3) is 2.56. The van der Waals surface area contributed by atoms with Crippen molar-refractivity contribution in [1.82, 2.24) is 15.3 Å². The molecule has 3 nitrogen and oxygen atoms in total. The molecule has 3 heteroatoms. The Morgan fingerprint density at radius 3 is 2.88 bits per heavy atom. The first-order chi connectivity index (χ1) is 8.43. The quantitative estimate of drug-likeness (QED) is 0.824. The molecule has 0 saturated heterocycles. The number of nitrogens with one attached hydrogen (secondary N) is 2. The van der Waals surface area contributed by atoms with Crippen LogP contribution in [0.1, 0.15) is 35.7 Å². The largest absolute Gasteiger partial charge is 0.348 e. The fourth-order valence-corrected chi connectivity index (χ4v) is 2.20. The van der Waals surface area contributed by atoms with Crippen LogP contribution in [0.3, 0.4) is 0 Å². The van der Waals surface area contributed by atoms with Crippen LogP contribution in [-0.2, 0) is 13.1 Å². The second-order valence-corrected chi connectivity index (χ2v) is 4.61. The normalized spacial score (nSPS) is 15.1. The molecule has 0 atom stereocenters. The van der Waals surface area contributed by atoms with Crippen LogP contribution in [0.25, 0.3) is 0 Å². The van der Waals surface area contributed by atoms with Crippen LogP contribution in [0.2, 0.25) is 0 Å². The molecule has 17 heavy (non-hydrogen) atoms. The van der Waals surface area contributed by atoms with Crippen molar-refractivity contribution in [1.29, 1.82) is 0 Å². The lowest BCUT2D eigenvalue weighted by Crippen LogP contribution is -2.14.